The summed E-state index contributed by atoms with van der Waals surface area (Å²) < 4.78 is 4.49. The van der Waals surface area contributed by atoms with Crippen LogP contribution in [0.1, 0.15) is 5.69 Å². The van der Waals surface area contributed by atoms with Gasteiger partial charge in [0.05, 0.1) is 13.7 Å². The SMILES string of the molecule is COC(=O)C(CO)Nc1ccnc(C#N)c1. The zero-order valence-corrected chi connectivity index (χ0v) is 8.67. The van der Waals surface area contributed by atoms with Crippen molar-refractivity contribution in [3.8, 4) is 6.07 Å². The van der Waals surface area contributed by atoms with Crippen molar-refractivity contribution in [1.29, 1.82) is 5.26 Å². The van der Waals surface area contributed by atoms with E-state index in [0.29, 0.717) is 5.69 Å². The summed E-state index contributed by atoms with van der Waals surface area (Å²) in [7, 11) is 1.24. The van der Waals surface area contributed by atoms with E-state index in [4.69, 9.17) is 10.4 Å². The van der Waals surface area contributed by atoms with Crippen LogP contribution in [-0.2, 0) is 9.53 Å². The number of aliphatic hydroxyl groups is 1. The molecule has 0 bridgehead atoms. The molecule has 6 nitrogen and oxygen atoms in total. The van der Waals surface area contributed by atoms with Gasteiger partial charge >= 0.3 is 5.97 Å². The number of nitrogens with zero attached hydrogens (tertiary/aromatic N) is 2. The minimum absolute atomic E-state index is 0.228. The molecule has 1 aromatic rings. The molecule has 0 aliphatic heterocycles. The van der Waals surface area contributed by atoms with Crippen LogP contribution < -0.4 is 5.32 Å². The fourth-order valence-electron chi connectivity index (χ4n) is 1.10. The van der Waals surface area contributed by atoms with Gasteiger partial charge in [0, 0.05) is 11.9 Å². The van der Waals surface area contributed by atoms with Crippen molar-refractivity contribution in [3.63, 3.8) is 0 Å². The van der Waals surface area contributed by atoms with Gasteiger partial charge in [-0.05, 0) is 12.1 Å². The third-order valence-corrected chi connectivity index (χ3v) is 1.88. The first kappa shape index (κ1) is 11.9. The average molecular weight is 221 g/mol. The number of aliphatic hydroxyl groups excluding tert-OH is 1. The van der Waals surface area contributed by atoms with E-state index in [-0.39, 0.29) is 5.69 Å². The van der Waals surface area contributed by atoms with E-state index >= 15 is 0 Å². The Balaban J connectivity index is 2.78. The van der Waals surface area contributed by atoms with Crippen LogP contribution in [-0.4, -0.2) is 35.8 Å². The summed E-state index contributed by atoms with van der Waals surface area (Å²) in [5, 5.41) is 20.3. The third-order valence-electron chi connectivity index (χ3n) is 1.88. The maximum Gasteiger partial charge on any atom is 0.330 e. The van der Waals surface area contributed by atoms with E-state index in [2.05, 4.69) is 15.0 Å². The number of nitrogens with one attached hydrogen (secondary N) is 1. The van der Waals surface area contributed by atoms with Crippen LogP contribution in [0, 0.1) is 11.3 Å². The number of anilines is 1. The first-order valence-corrected chi connectivity index (χ1v) is 4.52. The highest BCUT2D eigenvalue weighted by Gasteiger charge is 2.17. The second-order valence-corrected chi connectivity index (χ2v) is 2.94. The van der Waals surface area contributed by atoms with Gasteiger partial charge in [-0.3, -0.25) is 0 Å². The van der Waals surface area contributed by atoms with Crippen LogP contribution in [0.15, 0.2) is 18.3 Å². The van der Waals surface area contributed by atoms with Crippen LogP contribution in [0.5, 0.6) is 0 Å². The number of esters is 1. The number of carbonyl (C=O) groups is 1. The highest BCUT2D eigenvalue weighted by molar-refractivity contribution is 5.79. The van der Waals surface area contributed by atoms with Gasteiger partial charge < -0.3 is 15.2 Å². The maximum absolute atomic E-state index is 11.2. The fraction of sp³-hybridized carbons (Fsp3) is 0.300. The predicted molar refractivity (Wildman–Crippen MR) is 55.5 cm³/mol. The van der Waals surface area contributed by atoms with Crippen molar-refractivity contribution in [1.82, 2.24) is 4.98 Å². The summed E-state index contributed by atoms with van der Waals surface area (Å²) in [6.45, 7) is -0.392. The minimum Gasteiger partial charge on any atom is -0.467 e. The van der Waals surface area contributed by atoms with Gasteiger partial charge in [-0.1, -0.05) is 0 Å². The molecule has 1 aromatic heterocycles. The number of carbonyl (C=O) groups excluding carboxylic acids is 1. The number of ether oxygens (including phenoxy) is 1. The van der Waals surface area contributed by atoms with E-state index in [1.165, 1.54) is 19.4 Å². The number of methoxy groups -OCH3 is 1. The van der Waals surface area contributed by atoms with E-state index in [1.54, 1.807) is 6.07 Å². The molecule has 0 radical (unpaired) electrons. The molecule has 1 unspecified atom stereocenters. The lowest BCUT2D eigenvalue weighted by molar-refractivity contribution is -0.142. The number of hydrogen-bond acceptors (Lipinski definition) is 6. The van der Waals surface area contributed by atoms with Crippen LogP contribution in [0.4, 0.5) is 5.69 Å². The standard InChI is InChI=1S/C10H11N3O3/c1-16-10(15)9(6-14)13-7-2-3-12-8(4-7)5-11/h2-4,9,14H,6H2,1H3,(H,12,13). The van der Waals surface area contributed by atoms with Crippen LogP contribution >= 0.6 is 0 Å². The lowest BCUT2D eigenvalue weighted by Gasteiger charge is -2.14. The Hall–Kier alpha value is -2.13. The van der Waals surface area contributed by atoms with Gasteiger partial charge in [-0.2, -0.15) is 5.26 Å². The number of nitriles is 1. The summed E-state index contributed by atoms with van der Waals surface area (Å²) in [6, 6.07) is 4.09. The first-order valence-electron chi connectivity index (χ1n) is 4.52. The van der Waals surface area contributed by atoms with Crippen molar-refractivity contribution in [2.75, 3.05) is 19.0 Å². The number of pyridine rings is 1. The van der Waals surface area contributed by atoms with Gasteiger partial charge in [0.15, 0.2) is 0 Å². The molecule has 0 spiro atoms. The summed E-state index contributed by atoms with van der Waals surface area (Å²) in [5.74, 6) is -0.571. The van der Waals surface area contributed by atoms with Crippen LogP contribution in [0.25, 0.3) is 0 Å². The van der Waals surface area contributed by atoms with E-state index < -0.39 is 18.6 Å². The first-order chi connectivity index (χ1) is 7.71. The van der Waals surface area contributed by atoms with Gasteiger partial charge in [0.1, 0.15) is 17.8 Å². The highest BCUT2D eigenvalue weighted by atomic mass is 16.5. The second-order valence-electron chi connectivity index (χ2n) is 2.94. The molecule has 1 atom stereocenters. The van der Waals surface area contributed by atoms with E-state index in [9.17, 15) is 4.79 Å². The van der Waals surface area contributed by atoms with Crippen molar-refractivity contribution in [3.05, 3.63) is 24.0 Å². The smallest absolute Gasteiger partial charge is 0.330 e. The molecule has 1 rings (SSSR count). The zero-order valence-electron chi connectivity index (χ0n) is 8.67. The summed E-state index contributed by atoms with van der Waals surface area (Å²) >= 11 is 0. The molecule has 1 heterocycles. The Morgan fingerprint density at radius 2 is 2.56 bits per heavy atom. The molecular formula is C10H11N3O3. The molecular weight excluding hydrogens is 210 g/mol. The Kier molecular flexibility index (Phi) is 4.24. The predicted octanol–water partition coefficient (Wildman–Crippen LogP) is -0.101. The Bertz CT molecular complexity index is 414. The molecule has 16 heavy (non-hydrogen) atoms. The van der Waals surface area contributed by atoms with Crippen molar-refractivity contribution >= 4 is 11.7 Å². The molecule has 0 amide bonds. The largest absolute Gasteiger partial charge is 0.467 e. The van der Waals surface area contributed by atoms with E-state index in [0.717, 1.165) is 0 Å². The topological polar surface area (TPSA) is 95.2 Å². The van der Waals surface area contributed by atoms with Gasteiger partial charge in [-0.15, -0.1) is 0 Å². The number of hydrogen-bond donors (Lipinski definition) is 2. The number of rotatable bonds is 4. The monoisotopic (exact) mass is 221 g/mol. The summed E-state index contributed by atoms with van der Waals surface area (Å²) in [5.41, 5.74) is 0.752. The zero-order chi connectivity index (χ0) is 12.0. The molecule has 2 N–H and O–H groups in total. The molecule has 0 aliphatic carbocycles. The Morgan fingerprint density at radius 1 is 1.81 bits per heavy atom. The lowest BCUT2D eigenvalue weighted by atomic mass is 10.2. The average Bonchev–Trinajstić information content (AvgIpc) is 2.35. The summed E-state index contributed by atoms with van der Waals surface area (Å²) in [4.78, 5) is 15.0. The molecule has 0 aliphatic rings. The molecule has 0 saturated heterocycles. The van der Waals surface area contributed by atoms with Gasteiger partial charge in [0.25, 0.3) is 0 Å². The van der Waals surface area contributed by atoms with E-state index in [1.807, 2.05) is 6.07 Å². The van der Waals surface area contributed by atoms with Gasteiger partial charge in [0.2, 0.25) is 0 Å². The molecule has 6 heteroatoms. The van der Waals surface area contributed by atoms with Crippen molar-refractivity contribution in [2.24, 2.45) is 0 Å². The van der Waals surface area contributed by atoms with Crippen molar-refractivity contribution in [2.45, 2.75) is 6.04 Å². The van der Waals surface area contributed by atoms with Crippen LogP contribution in [0.2, 0.25) is 0 Å². The Morgan fingerprint density at radius 3 is 3.12 bits per heavy atom. The minimum atomic E-state index is -0.848. The second kappa shape index (κ2) is 5.68. The fourth-order valence-corrected chi connectivity index (χ4v) is 1.10. The molecule has 84 valence electrons. The number of aromatic nitrogens is 1. The van der Waals surface area contributed by atoms with Crippen LogP contribution in [0.3, 0.4) is 0 Å². The third kappa shape index (κ3) is 2.93. The molecule has 0 fully saturated rings. The Labute approximate surface area is 92.5 Å². The summed E-state index contributed by atoms with van der Waals surface area (Å²) in [6.07, 6.45) is 1.44. The molecule has 0 saturated carbocycles. The normalized spacial score (nSPS) is 11.3. The molecule has 0 aromatic carbocycles. The highest BCUT2D eigenvalue weighted by Crippen LogP contribution is 2.09. The lowest BCUT2D eigenvalue weighted by Crippen LogP contribution is -2.34. The van der Waals surface area contributed by atoms with Gasteiger partial charge in [-0.25, -0.2) is 9.78 Å². The maximum atomic E-state index is 11.2. The van der Waals surface area contributed by atoms with Crippen molar-refractivity contribution < 1.29 is 14.6 Å². The quantitative estimate of drug-likeness (QED) is 0.689.